The largest absolute Gasteiger partial charge is 0.456 e. The van der Waals surface area contributed by atoms with Crippen molar-refractivity contribution in [1.29, 1.82) is 0 Å². The summed E-state index contributed by atoms with van der Waals surface area (Å²) in [6.07, 6.45) is 2.63. The van der Waals surface area contributed by atoms with Crippen LogP contribution in [0.15, 0.2) is 167 Å². The van der Waals surface area contributed by atoms with Crippen LogP contribution in [0.4, 0.5) is 0 Å². The number of furan rings is 2. The molecule has 7 aromatic carbocycles. The van der Waals surface area contributed by atoms with Crippen LogP contribution in [0.25, 0.3) is 100 Å². The zero-order valence-electron chi connectivity index (χ0n) is 28.7. The van der Waals surface area contributed by atoms with E-state index in [4.69, 9.17) is 23.8 Å². The maximum atomic E-state index is 6.45. The first-order valence-corrected chi connectivity index (χ1v) is 18.1. The van der Waals surface area contributed by atoms with E-state index in [-0.39, 0.29) is 0 Å². The van der Waals surface area contributed by atoms with Crippen LogP contribution in [0, 0.1) is 0 Å². The minimum absolute atomic E-state index is 0.578. The highest BCUT2D eigenvalue weighted by Crippen LogP contribution is 2.42. The number of benzene rings is 7. The van der Waals surface area contributed by atoms with Gasteiger partial charge >= 0.3 is 0 Å². The van der Waals surface area contributed by atoms with Gasteiger partial charge in [-0.05, 0) is 76.9 Å². The van der Waals surface area contributed by atoms with Crippen LogP contribution < -0.4 is 0 Å². The number of fused-ring (bicyclic) bond motifs is 6. The Hall–Kier alpha value is -6.85. The second-order valence-electron chi connectivity index (χ2n) is 13.9. The normalized spacial score (nSPS) is 13.1. The Kier molecular flexibility index (Phi) is 6.68. The lowest BCUT2D eigenvalue weighted by Gasteiger charge is -2.10. The number of rotatable bonds is 6. The number of aromatic nitrogens is 3. The van der Waals surface area contributed by atoms with Crippen LogP contribution in [0.5, 0.6) is 0 Å². The lowest BCUT2D eigenvalue weighted by molar-refractivity contribution is 0.668. The molecule has 10 aromatic rings. The van der Waals surface area contributed by atoms with E-state index in [0.717, 1.165) is 77.6 Å². The fourth-order valence-corrected chi connectivity index (χ4v) is 7.71. The van der Waals surface area contributed by atoms with E-state index in [9.17, 15) is 0 Å². The minimum atomic E-state index is 0.578. The third kappa shape index (κ3) is 5.12. The van der Waals surface area contributed by atoms with Gasteiger partial charge in [0.2, 0.25) is 0 Å². The first-order chi connectivity index (χ1) is 26.2. The zero-order chi connectivity index (χ0) is 34.9. The van der Waals surface area contributed by atoms with Crippen LogP contribution in [-0.4, -0.2) is 15.0 Å². The van der Waals surface area contributed by atoms with Gasteiger partial charge in [0.1, 0.15) is 22.3 Å². The van der Waals surface area contributed by atoms with E-state index >= 15 is 0 Å². The maximum Gasteiger partial charge on any atom is 0.164 e. The van der Waals surface area contributed by atoms with Gasteiger partial charge in [-0.1, -0.05) is 127 Å². The van der Waals surface area contributed by atoms with E-state index in [1.807, 2.05) is 72.8 Å². The molecule has 3 heterocycles. The van der Waals surface area contributed by atoms with Gasteiger partial charge in [-0.15, -0.1) is 0 Å². The third-order valence-corrected chi connectivity index (χ3v) is 10.6. The molecule has 5 heteroatoms. The van der Waals surface area contributed by atoms with Gasteiger partial charge in [0.15, 0.2) is 17.5 Å². The molecule has 0 amide bonds. The second-order valence-corrected chi connectivity index (χ2v) is 13.9. The van der Waals surface area contributed by atoms with Crippen molar-refractivity contribution < 1.29 is 8.83 Å². The van der Waals surface area contributed by atoms with Crippen LogP contribution in [0.2, 0.25) is 0 Å². The molecule has 0 N–H and O–H groups in total. The maximum absolute atomic E-state index is 6.45. The SMILES string of the molecule is c1ccc(-c2nc(-c3cccc4oc5ccccc5c34)nc(-c3cccc4oc5ccc(-c6ccc(-c7ccc(C8CC8)cc7)cc6)cc5c34)n2)cc1. The third-order valence-electron chi connectivity index (χ3n) is 10.6. The Morgan fingerprint density at radius 1 is 0.377 bits per heavy atom. The summed E-state index contributed by atoms with van der Waals surface area (Å²) in [5.74, 6) is 2.52. The summed E-state index contributed by atoms with van der Waals surface area (Å²) >= 11 is 0. The second kappa shape index (κ2) is 11.9. The quantitative estimate of drug-likeness (QED) is 0.175. The molecule has 250 valence electrons. The van der Waals surface area contributed by atoms with Gasteiger partial charge in [0, 0.05) is 38.2 Å². The molecule has 0 aliphatic heterocycles. The molecule has 0 spiro atoms. The fraction of sp³-hybridized carbons (Fsp3) is 0.0625. The molecule has 53 heavy (non-hydrogen) atoms. The first kappa shape index (κ1) is 29.8. The summed E-state index contributed by atoms with van der Waals surface area (Å²) in [6, 6.07) is 54.7. The van der Waals surface area contributed by atoms with Gasteiger partial charge in [-0.3, -0.25) is 0 Å². The smallest absolute Gasteiger partial charge is 0.164 e. The molecule has 1 saturated carbocycles. The molecular weight excluding hydrogens is 651 g/mol. The highest BCUT2D eigenvalue weighted by atomic mass is 16.3. The lowest BCUT2D eigenvalue weighted by atomic mass is 9.97. The van der Waals surface area contributed by atoms with E-state index in [2.05, 4.69) is 84.9 Å². The molecule has 0 bridgehead atoms. The molecule has 0 unspecified atom stereocenters. The zero-order valence-corrected chi connectivity index (χ0v) is 28.7. The minimum Gasteiger partial charge on any atom is -0.456 e. The van der Waals surface area contributed by atoms with Crippen molar-refractivity contribution in [2.45, 2.75) is 18.8 Å². The number of hydrogen-bond acceptors (Lipinski definition) is 5. The Balaban J connectivity index is 1.06. The average Bonchev–Trinajstić information content (AvgIpc) is 3.91. The van der Waals surface area contributed by atoms with Gasteiger partial charge in [-0.25, -0.2) is 15.0 Å². The van der Waals surface area contributed by atoms with Crippen LogP contribution in [0.1, 0.15) is 24.3 Å². The van der Waals surface area contributed by atoms with Crippen LogP contribution in [-0.2, 0) is 0 Å². The van der Waals surface area contributed by atoms with Crippen LogP contribution >= 0.6 is 0 Å². The summed E-state index contributed by atoms with van der Waals surface area (Å²) in [7, 11) is 0. The molecule has 5 nitrogen and oxygen atoms in total. The number of nitrogens with zero attached hydrogens (tertiary/aromatic N) is 3. The predicted octanol–water partition coefficient (Wildman–Crippen LogP) is 12.9. The molecule has 1 aliphatic carbocycles. The van der Waals surface area contributed by atoms with Crippen molar-refractivity contribution in [3.8, 4) is 56.4 Å². The molecule has 0 radical (unpaired) electrons. The average molecular weight is 682 g/mol. The molecule has 11 rings (SSSR count). The molecule has 0 atom stereocenters. The van der Waals surface area contributed by atoms with Gasteiger partial charge in [0.05, 0.1) is 0 Å². The summed E-state index contributed by atoms with van der Waals surface area (Å²) in [5, 5.41) is 3.99. The van der Waals surface area contributed by atoms with Crippen LogP contribution in [0.3, 0.4) is 0 Å². The number of para-hydroxylation sites is 1. The Morgan fingerprint density at radius 3 is 1.55 bits per heavy atom. The van der Waals surface area contributed by atoms with Crippen molar-refractivity contribution in [2.75, 3.05) is 0 Å². The van der Waals surface area contributed by atoms with E-state index in [0.29, 0.717) is 17.5 Å². The van der Waals surface area contributed by atoms with Crippen molar-refractivity contribution in [2.24, 2.45) is 0 Å². The molecular formula is C48H31N3O2. The summed E-state index contributed by atoms with van der Waals surface area (Å²) < 4.78 is 12.7. The number of hydrogen-bond donors (Lipinski definition) is 0. The molecule has 0 saturated heterocycles. The van der Waals surface area contributed by atoms with Crippen molar-refractivity contribution in [1.82, 2.24) is 15.0 Å². The van der Waals surface area contributed by atoms with E-state index in [1.54, 1.807) is 0 Å². The van der Waals surface area contributed by atoms with Gasteiger partial charge < -0.3 is 8.83 Å². The predicted molar refractivity (Wildman–Crippen MR) is 214 cm³/mol. The highest BCUT2D eigenvalue weighted by Gasteiger charge is 2.23. The first-order valence-electron chi connectivity index (χ1n) is 18.1. The van der Waals surface area contributed by atoms with Gasteiger partial charge in [0.25, 0.3) is 0 Å². The highest BCUT2D eigenvalue weighted by molar-refractivity contribution is 6.14. The Labute approximate surface area is 305 Å². The van der Waals surface area contributed by atoms with E-state index in [1.165, 1.54) is 29.5 Å². The summed E-state index contributed by atoms with van der Waals surface area (Å²) in [6.45, 7) is 0. The summed E-state index contributed by atoms with van der Waals surface area (Å²) in [5.41, 5.74) is 12.1. The molecule has 1 fully saturated rings. The van der Waals surface area contributed by atoms with Gasteiger partial charge in [-0.2, -0.15) is 0 Å². The van der Waals surface area contributed by atoms with Crippen molar-refractivity contribution in [3.05, 3.63) is 163 Å². The fourth-order valence-electron chi connectivity index (χ4n) is 7.71. The molecule has 3 aromatic heterocycles. The monoisotopic (exact) mass is 681 g/mol. The van der Waals surface area contributed by atoms with Crippen molar-refractivity contribution >= 4 is 43.9 Å². The van der Waals surface area contributed by atoms with Crippen molar-refractivity contribution in [3.63, 3.8) is 0 Å². The Morgan fingerprint density at radius 2 is 0.887 bits per heavy atom. The lowest BCUT2D eigenvalue weighted by Crippen LogP contribution is -2.00. The topological polar surface area (TPSA) is 65.0 Å². The standard InChI is InChI=1S/C48H31N3O2/c1-2-8-34(9-3-1)46-49-47(37-11-6-14-42-44(37)36-10-4-5-13-40(36)52-42)51-48(50-46)38-12-7-15-43-45(38)39-28-35(26-27-41(39)53-43)33-24-22-32(23-25-33)31-20-18-30(19-21-31)29-16-17-29/h1-15,18-29H,16-17H2. The summed E-state index contributed by atoms with van der Waals surface area (Å²) in [4.78, 5) is 15.4. The Bertz CT molecular complexity index is 2990. The van der Waals surface area contributed by atoms with E-state index < -0.39 is 0 Å². The molecule has 1 aliphatic rings.